The molecule has 0 aromatic heterocycles. The van der Waals surface area contributed by atoms with Crippen LogP contribution >= 0.6 is 23.2 Å². The third kappa shape index (κ3) is 2.85. The quantitative estimate of drug-likeness (QED) is 0.883. The van der Waals surface area contributed by atoms with E-state index in [2.05, 4.69) is 6.07 Å². The highest BCUT2D eigenvalue weighted by molar-refractivity contribution is 6.42. The van der Waals surface area contributed by atoms with Gasteiger partial charge in [-0.25, -0.2) is 0 Å². The summed E-state index contributed by atoms with van der Waals surface area (Å²) in [5.74, 6) is -0.415. The van der Waals surface area contributed by atoms with Crippen molar-refractivity contribution in [2.45, 2.75) is 19.4 Å². The zero-order chi connectivity index (χ0) is 11.4. The van der Waals surface area contributed by atoms with Crippen LogP contribution in [0, 0.1) is 17.2 Å². The van der Waals surface area contributed by atoms with Gasteiger partial charge in [0.05, 0.1) is 28.1 Å². The zero-order valence-electron chi connectivity index (χ0n) is 8.24. The molecule has 2 unspecified atom stereocenters. The Morgan fingerprint density at radius 1 is 1.40 bits per heavy atom. The Morgan fingerprint density at radius 2 is 2.07 bits per heavy atom. The van der Waals surface area contributed by atoms with E-state index in [1.165, 1.54) is 0 Å². The molecule has 15 heavy (non-hydrogen) atoms. The number of aliphatic hydroxyl groups excluding tert-OH is 1. The van der Waals surface area contributed by atoms with Gasteiger partial charge in [0.1, 0.15) is 0 Å². The molecule has 0 fully saturated rings. The highest BCUT2D eigenvalue weighted by Gasteiger charge is 2.19. The van der Waals surface area contributed by atoms with Crippen molar-refractivity contribution in [1.82, 2.24) is 0 Å². The fraction of sp³-hybridized carbons (Fsp3) is 0.364. The van der Waals surface area contributed by atoms with E-state index in [4.69, 9.17) is 28.5 Å². The van der Waals surface area contributed by atoms with E-state index in [-0.39, 0.29) is 0 Å². The Labute approximate surface area is 99.0 Å². The number of benzene rings is 1. The van der Waals surface area contributed by atoms with Gasteiger partial charge in [0, 0.05) is 0 Å². The Kier molecular flexibility index (Phi) is 4.41. The summed E-state index contributed by atoms with van der Waals surface area (Å²) in [4.78, 5) is 0. The molecule has 2 atom stereocenters. The van der Waals surface area contributed by atoms with E-state index >= 15 is 0 Å². The monoisotopic (exact) mass is 243 g/mol. The molecule has 0 spiro atoms. The molecule has 1 rings (SSSR count). The van der Waals surface area contributed by atoms with Crippen molar-refractivity contribution in [2.24, 2.45) is 5.92 Å². The van der Waals surface area contributed by atoms with Crippen molar-refractivity contribution in [1.29, 1.82) is 5.26 Å². The third-order valence-electron chi connectivity index (χ3n) is 2.27. The lowest BCUT2D eigenvalue weighted by molar-refractivity contribution is 0.133. The highest BCUT2D eigenvalue weighted by Crippen LogP contribution is 2.29. The minimum absolute atomic E-state index is 0.390. The molecule has 1 N–H and O–H groups in total. The average molecular weight is 244 g/mol. The minimum Gasteiger partial charge on any atom is -0.387 e. The van der Waals surface area contributed by atoms with Gasteiger partial charge in [-0.3, -0.25) is 0 Å². The zero-order valence-corrected chi connectivity index (χ0v) is 9.76. The van der Waals surface area contributed by atoms with Crippen LogP contribution < -0.4 is 0 Å². The molecule has 2 nitrogen and oxygen atoms in total. The molecule has 80 valence electrons. The first-order valence-electron chi connectivity index (χ1n) is 4.62. The van der Waals surface area contributed by atoms with Crippen LogP contribution in [0.1, 0.15) is 25.0 Å². The summed E-state index contributed by atoms with van der Waals surface area (Å²) in [6.45, 7) is 1.86. The summed E-state index contributed by atoms with van der Waals surface area (Å²) >= 11 is 11.6. The summed E-state index contributed by atoms with van der Waals surface area (Å²) in [5, 5.41) is 19.5. The van der Waals surface area contributed by atoms with E-state index < -0.39 is 12.0 Å². The summed E-state index contributed by atoms with van der Waals surface area (Å²) in [5.41, 5.74) is 0.623. The first-order chi connectivity index (χ1) is 7.10. The molecule has 0 aliphatic carbocycles. The maximum atomic E-state index is 9.87. The molecule has 0 bridgehead atoms. The molecule has 1 aromatic rings. The van der Waals surface area contributed by atoms with Crippen molar-refractivity contribution in [3.8, 4) is 6.07 Å². The fourth-order valence-corrected chi connectivity index (χ4v) is 1.62. The first kappa shape index (κ1) is 12.3. The number of aliphatic hydroxyl groups is 1. The normalized spacial score (nSPS) is 14.3. The van der Waals surface area contributed by atoms with Crippen molar-refractivity contribution in [3.05, 3.63) is 33.8 Å². The van der Waals surface area contributed by atoms with Crippen molar-refractivity contribution in [3.63, 3.8) is 0 Å². The summed E-state index contributed by atoms with van der Waals surface area (Å²) in [6.07, 6.45) is -0.215. The third-order valence-corrected chi connectivity index (χ3v) is 3.01. The second-order valence-electron chi connectivity index (χ2n) is 3.26. The molecule has 4 heteroatoms. The Hall–Kier alpha value is -0.750. The van der Waals surface area contributed by atoms with E-state index in [1.807, 2.05) is 6.92 Å². The van der Waals surface area contributed by atoms with Gasteiger partial charge in [-0.2, -0.15) is 5.26 Å². The van der Waals surface area contributed by atoms with Crippen LogP contribution in [0.3, 0.4) is 0 Å². The molecule has 0 radical (unpaired) electrons. The average Bonchev–Trinajstić information content (AvgIpc) is 2.23. The van der Waals surface area contributed by atoms with Crippen molar-refractivity contribution in [2.75, 3.05) is 0 Å². The van der Waals surface area contributed by atoms with Crippen LogP contribution in [-0.2, 0) is 0 Å². The van der Waals surface area contributed by atoms with E-state index in [1.54, 1.807) is 18.2 Å². The van der Waals surface area contributed by atoms with Crippen LogP contribution in [0.4, 0.5) is 0 Å². The fourth-order valence-electron chi connectivity index (χ4n) is 1.31. The van der Waals surface area contributed by atoms with Gasteiger partial charge < -0.3 is 5.11 Å². The van der Waals surface area contributed by atoms with Crippen LogP contribution in [0.2, 0.25) is 10.0 Å². The standard InChI is InChI=1S/C11H11Cl2NO/c1-2-7(6-14)11(15)8-3-4-9(12)10(13)5-8/h3-5,7,11,15H,2H2,1H3. The SMILES string of the molecule is CCC(C#N)C(O)c1ccc(Cl)c(Cl)c1. The molecule has 0 saturated carbocycles. The summed E-state index contributed by atoms with van der Waals surface area (Å²) in [6, 6.07) is 6.95. The Morgan fingerprint density at radius 3 is 2.53 bits per heavy atom. The number of nitriles is 1. The van der Waals surface area contributed by atoms with Gasteiger partial charge in [-0.15, -0.1) is 0 Å². The van der Waals surface area contributed by atoms with Gasteiger partial charge >= 0.3 is 0 Å². The number of hydrogen-bond donors (Lipinski definition) is 1. The van der Waals surface area contributed by atoms with Crippen LogP contribution in [0.25, 0.3) is 0 Å². The van der Waals surface area contributed by atoms with Crippen molar-refractivity contribution >= 4 is 23.2 Å². The lowest BCUT2D eigenvalue weighted by Gasteiger charge is -2.15. The lowest BCUT2D eigenvalue weighted by Crippen LogP contribution is -2.09. The lowest BCUT2D eigenvalue weighted by atomic mass is 9.95. The first-order valence-corrected chi connectivity index (χ1v) is 5.38. The van der Waals surface area contributed by atoms with Gasteiger partial charge in [-0.1, -0.05) is 36.2 Å². The Bertz CT molecular complexity index is 387. The molecule has 1 aromatic carbocycles. The van der Waals surface area contributed by atoms with Crippen molar-refractivity contribution < 1.29 is 5.11 Å². The molecule has 0 aliphatic rings. The second kappa shape index (κ2) is 5.37. The van der Waals surface area contributed by atoms with Gasteiger partial charge in [0.15, 0.2) is 0 Å². The van der Waals surface area contributed by atoms with Crippen LogP contribution in [-0.4, -0.2) is 5.11 Å². The van der Waals surface area contributed by atoms with Gasteiger partial charge in [-0.05, 0) is 24.1 Å². The van der Waals surface area contributed by atoms with Crippen LogP contribution in [0.15, 0.2) is 18.2 Å². The van der Waals surface area contributed by atoms with Crippen LogP contribution in [0.5, 0.6) is 0 Å². The van der Waals surface area contributed by atoms with E-state index in [0.717, 1.165) is 0 Å². The topological polar surface area (TPSA) is 44.0 Å². The molecule has 0 saturated heterocycles. The number of hydrogen-bond acceptors (Lipinski definition) is 2. The highest BCUT2D eigenvalue weighted by atomic mass is 35.5. The molecule has 0 amide bonds. The molecular formula is C11H11Cl2NO. The number of nitrogens with zero attached hydrogens (tertiary/aromatic N) is 1. The Balaban J connectivity index is 2.97. The largest absolute Gasteiger partial charge is 0.387 e. The summed E-state index contributed by atoms with van der Waals surface area (Å²) in [7, 11) is 0. The minimum atomic E-state index is -0.810. The van der Waals surface area contributed by atoms with Gasteiger partial charge in [0.2, 0.25) is 0 Å². The van der Waals surface area contributed by atoms with E-state index in [0.29, 0.717) is 22.0 Å². The smallest absolute Gasteiger partial charge is 0.0948 e. The maximum Gasteiger partial charge on any atom is 0.0948 e. The second-order valence-corrected chi connectivity index (χ2v) is 4.08. The predicted octanol–water partition coefficient (Wildman–Crippen LogP) is 3.58. The molecule has 0 aliphatic heterocycles. The predicted molar refractivity (Wildman–Crippen MR) is 60.8 cm³/mol. The summed E-state index contributed by atoms with van der Waals surface area (Å²) < 4.78 is 0. The van der Waals surface area contributed by atoms with Gasteiger partial charge in [0.25, 0.3) is 0 Å². The maximum absolute atomic E-state index is 9.87. The number of halogens is 2. The molecule has 0 heterocycles. The number of rotatable bonds is 3. The molecular weight excluding hydrogens is 233 g/mol. The van der Waals surface area contributed by atoms with E-state index in [9.17, 15) is 5.11 Å².